The first kappa shape index (κ1) is 18.0. The summed E-state index contributed by atoms with van der Waals surface area (Å²) < 4.78 is 66.6. The number of carbonyl (C=O) groups is 1. The first-order valence-electron chi connectivity index (χ1n) is 7.31. The van der Waals surface area contributed by atoms with Crippen molar-refractivity contribution in [3.8, 4) is 5.75 Å². The number of rotatable bonds is 3. The van der Waals surface area contributed by atoms with E-state index in [1.54, 1.807) is 0 Å². The third-order valence-corrected chi connectivity index (χ3v) is 6.34. The van der Waals surface area contributed by atoms with Crippen LogP contribution in [-0.2, 0) is 14.8 Å². The molecular formula is C14H15F3N2O5S. The first-order chi connectivity index (χ1) is 11.5. The number of ether oxygens (including phenoxy) is 1. The molecular weight excluding hydrogens is 365 g/mol. The van der Waals surface area contributed by atoms with Crippen molar-refractivity contribution in [2.75, 3.05) is 20.1 Å². The average Bonchev–Trinajstić information content (AvgIpc) is 3.04. The van der Waals surface area contributed by atoms with Crippen molar-refractivity contribution in [3.05, 3.63) is 24.3 Å². The highest BCUT2D eigenvalue weighted by Crippen LogP contribution is 2.35. The van der Waals surface area contributed by atoms with Crippen LogP contribution in [0.5, 0.6) is 5.75 Å². The molecule has 1 N–H and O–H groups in total. The molecule has 2 saturated heterocycles. The molecule has 2 aliphatic rings. The fraction of sp³-hybridized carbons (Fsp3) is 0.500. The number of carbonyl (C=O) groups excluding carboxylic acids is 1. The van der Waals surface area contributed by atoms with E-state index in [0.717, 1.165) is 28.6 Å². The fourth-order valence-electron chi connectivity index (χ4n) is 3.21. The van der Waals surface area contributed by atoms with Crippen LogP contribution in [0, 0.1) is 5.92 Å². The maximum atomic E-state index is 12.6. The number of aliphatic hydroxyl groups is 1. The molecule has 1 aromatic rings. The van der Waals surface area contributed by atoms with Gasteiger partial charge in [0.1, 0.15) is 11.9 Å². The zero-order valence-corrected chi connectivity index (χ0v) is 13.8. The van der Waals surface area contributed by atoms with Crippen LogP contribution in [0.3, 0.4) is 0 Å². The van der Waals surface area contributed by atoms with Gasteiger partial charge in [-0.25, -0.2) is 8.42 Å². The molecule has 25 heavy (non-hydrogen) atoms. The van der Waals surface area contributed by atoms with Crippen LogP contribution >= 0.6 is 0 Å². The summed E-state index contributed by atoms with van der Waals surface area (Å²) in [6.07, 6.45) is -6.11. The Balaban J connectivity index is 1.78. The van der Waals surface area contributed by atoms with E-state index in [1.807, 2.05) is 0 Å². The van der Waals surface area contributed by atoms with E-state index in [0.29, 0.717) is 0 Å². The normalized spacial score (nSPS) is 27.6. The molecule has 0 radical (unpaired) electrons. The summed E-state index contributed by atoms with van der Waals surface area (Å²) in [5, 5.41) is 9.90. The van der Waals surface area contributed by atoms with E-state index in [-0.39, 0.29) is 18.0 Å². The Morgan fingerprint density at radius 3 is 2.32 bits per heavy atom. The van der Waals surface area contributed by atoms with Crippen molar-refractivity contribution >= 4 is 15.9 Å². The highest BCUT2D eigenvalue weighted by Gasteiger charge is 2.52. The number of alkyl halides is 3. The second-order valence-corrected chi connectivity index (χ2v) is 7.90. The third-order valence-electron chi connectivity index (χ3n) is 4.50. The molecule has 0 aromatic heterocycles. The number of hydrogen-bond acceptors (Lipinski definition) is 5. The first-order valence-corrected chi connectivity index (χ1v) is 8.75. The van der Waals surface area contributed by atoms with Crippen LogP contribution in [0.2, 0.25) is 0 Å². The molecule has 0 unspecified atom stereocenters. The highest BCUT2D eigenvalue weighted by atomic mass is 32.2. The van der Waals surface area contributed by atoms with Crippen molar-refractivity contribution in [2.45, 2.75) is 23.4 Å². The molecule has 138 valence electrons. The molecule has 1 amide bonds. The van der Waals surface area contributed by atoms with Crippen molar-refractivity contribution in [3.63, 3.8) is 0 Å². The Labute approximate surface area is 141 Å². The van der Waals surface area contributed by atoms with Gasteiger partial charge in [0.05, 0.1) is 10.9 Å². The highest BCUT2D eigenvalue weighted by molar-refractivity contribution is 7.89. The molecule has 0 bridgehead atoms. The van der Waals surface area contributed by atoms with Crippen molar-refractivity contribution in [1.82, 2.24) is 9.21 Å². The molecule has 3 atom stereocenters. The van der Waals surface area contributed by atoms with Gasteiger partial charge in [-0.05, 0) is 24.3 Å². The van der Waals surface area contributed by atoms with E-state index in [1.165, 1.54) is 11.9 Å². The topological polar surface area (TPSA) is 87.2 Å². The fourth-order valence-corrected chi connectivity index (χ4v) is 4.70. The number of fused-ring (bicyclic) bond motifs is 1. The predicted molar refractivity (Wildman–Crippen MR) is 77.9 cm³/mol. The Morgan fingerprint density at radius 2 is 1.80 bits per heavy atom. The molecule has 3 rings (SSSR count). The summed E-state index contributed by atoms with van der Waals surface area (Å²) in [4.78, 5) is 12.8. The van der Waals surface area contributed by atoms with Crippen molar-refractivity contribution in [2.24, 2.45) is 5.92 Å². The molecule has 0 saturated carbocycles. The quantitative estimate of drug-likeness (QED) is 0.821. The molecule has 0 spiro atoms. The Bertz CT molecular complexity index is 761. The minimum Gasteiger partial charge on any atom is -0.406 e. The van der Waals surface area contributed by atoms with Crippen molar-refractivity contribution < 1.29 is 36.2 Å². The second kappa shape index (κ2) is 5.85. The maximum absolute atomic E-state index is 12.6. The summed E-state index contributed by atoms with van der Waals surface area (Å²) in [5.41, 5.74) is 0. The number of nitrogens with zero attached hydrogens (tertiary/aromatic N) is 2. The summed E-state index contributed by atoms with van der Waals surface area (Å²) in [7, 11) is -2.46. The van der Waals surface area contributed by atoms with Crippen LogP contribution in [-0.4, -0.2) is 67.3 Å². The summed E-state index contributed by atoms with van der Waals surface area (Å²) in [6, 6.07) is 3.46. The summed E-state index contributed by atoms with van der Waals surface area (Å²) >= 11 is 0. The SMILES string of the molecule is CN1C(=O)[C@@H](O)[C@H]2CN(S(=O)(=O)c3ccc(OC(F)(F)F)cc3)C[C@H]21. The Kier molecular flexibility index (Phi) is 4.20. The van der Waals surface area contributed by atoms with Crippen LogP contribution in [0.4, 0.5) is 13.2 Å². The van der Waals surface area contributed by atoms with E-state index in [9.17, 15) is 31.5 Å². The van der Waals surface area contributed by atoms with Crippen LogP contribution in [0.25, 0.3) is 0 Å². The van der Waals surface area contributed by atoms with Crippen LogP contribution < -0.4 is 4.74 Å². The van der Waals surface area contributed by atoms with E-state index in [2.05, 4.69) is 4.74 Å². The minimum atomic E-state index is -4.86. The van der Waals surface area contributed by atoms with Gasteiger partial charge in [-0.2, -0.15) is 4.31 Å². The zero-order chi connectivity index (χ0) is 18.6. The number of aliphatic hydroxyl groups excluding tert-OH is 1. The number of likely N-dealkylation sites (tertiary alicyclic amines) is 1. The monoisotopic (exact) mass is 380 g/mol. The lowest BCUT2D eigenvalue weighted by molar-refractivity contribution is -0.274. The smallest absolute Gasteiger partial charge is 0.406 e. The van der Waals surface area contributed by atoms with Gasteiger partial charge in [-0.15, -0.1) is 13.2 Å². The third kappa shape index (κ3) is 3.18. The van der Waals surface area contributed by atoms with E-state index < -0.39 is 46.1 Å². The van der Waals surface area contributed by atoms with Gasteiger partial charge in [0.25, 0.3) is 5.91 Å². The maximum Gasteiger partial charge on any atom is 0.573 e. The van der Waals surface area contributed by atoms with Crippen LogP contribution in [0.1, 0.15) is 0 Å². The van der Waals surface area contributed by atoms with Gasteiger partial charge in [-0.3, -0.25) is 4.79 Å². The van der Waals surface area contributed by atoms with E-state index in [4.69, 9.17) is 0 Å². The molecule has 2 fully saturated rings. The number of sulfonamides is 1. The summed E-state index contributed by atoms with van der Waals surface area (Å²) in [6.45, 7) is -0.0157. The number of likely N-dealkylation sites (N-methyl/N-ethyl adjacent to an activating group) is 1. The molecule has 11 heteroatoms. The molecule has 2 aliphatic heterocycles. The number of hydrogen-bond donors (Lipinski definition) is 1. The lowest BCUT2D eigenvalue weighted by atomic mass is 10.0. The standard InChI is InChI=1S/C14H15F3N2O5S/c1-18-11-7-19(6-10(11)12(20)13(18)21)25(22,23)9-4-2-8(3-5-9)24-14(15,16)17/h2-5,10-12,20H,6-7H2,1H3/t10-,11+,12-/m0/s1. The Hall–Kier alpha value is -1.85. The average molecular weight is 380 g/mol. The van der Waals surface area contributed by atoms with Crippen LogP contribution in [0.15, 0.2) is 29.2 Å². The number of amides is 1. The zero-order valence-electron chi connectivity index (χ0n) is 13.0. The lowest BCUT2D eigenvalue weighted by Gasteiger charge is -2.21. The predicted octanol–water partition coefficient (Wildman–Crippen LogP) is 0.407. The molecule has 2 heterocycles. The second-order valence-electron chi connectivity index (χ2n) is 5.97. The summed E-state index contributed by atoms with van der Waals surface area (Å²) in [5.74, 6) is -1.49. The van der Waals surface area contributed by atoms with Gasteiger partial charge in [0.15, 0.2) is 0 Å². The van der Waals surface area contributed by atoms with Gasteiger partial charge in [0.2, 0.25) is 10.0 Å². The number of halogens is 3. The van der Waals surface area contributed by atoms with Gasteiger partial charge in [-0.1, -0.05) is 0 Å². The van der Waals surface area contributed by atoms with Gasteiger partial charge in [0, 0.05) is 26.1 Å². The number of benzene rings is 1. The molecule has 1 aromatic carbocycles. The lowest BCUT2D eigenvalue weighted by Crippen LogP contribution is -2.38. The minimum absolute atomic E-state index is 0.0209. The van der Waals surface area contributed by atoms with Gasteiger partial charge < -0.3 is 14.7 Å². The Morgan fingerprint density at radius 1 is 1.20 bits per heavy atom. The molecule has 0 aliphatic carbocycles. The van der Waals surface area contributed by atoms with Crippen molar-refractivity contribution in [1.29, 1.82) is 0 Å². The van der Waals surface area contributed by atoms with Gasteiger partial charge >= 0.3 is 6.36 Å². The molecule has 7 nitrogen and oxygen atoms in total. The largest absolute Gasteiger partial charge is 0.573 e. The van der Waals surface area contributed by atoms with E-state index >= 15 is 0 Å².